The third-order valence-electron chi connectivity index (χ3n) is 3.24. The molecule has 0 unspecified atom stereocenters. The summed E-state index contributed by atoms with van der Waals surface area (Å²) in [5.74, 6) is 0.227. The first-order valence-electron chi connectivity index (χ1n) is 6.70. The first-order chi connectivity index (χ1) is 9.70. The van der Waals surface area contributed by atoms with E-state index in [1.807, 2.05) is 6.92 Å². The molecule has 2 aromatic rings. The summed E-state index contributed by atoms with van der Waals surface area (Å²) in [6, 6.07) is 6.73. The largest absolute Gasteiger partial charge is 0.424 e. The van der Waals surface area contributed by atoms with Crippen LogP contribution in [0.3, 0.4) is 0 Å². The maximum atomic E-state index is 12.8. The molecule has 0 bridgehead atoms. The van der Waals surface area contributed by atoms with Gasteiger partial charge in [-0.1, -0.05) is 0 Å². The Kier molecular flexibility index (Phi) is 3.60. The van der Waals surface area contributed by atoms with E-state index in [0.29, 0.717) is 11.8 Å². The third-order valence-corrected chi connectivity index (χ3v) is 3.24. The molecular formula is C15H16FN3O. The van der Waals surface area contributed by atoms with Crippen molar-refractivity contribution in [3.05, 3.63) is 47.5 Å². The van der Waals surface area contributed by atoms with Crippen LogP contribution in [0.2, 0.25) is 0 Å². The molecule has 0 atom stereocenters. The molecule has 1 saturated carbocycles. The smallest absolute Gasteiger partial charge is 0.322 e. The van der Waals surface area contributed by atoms with Crippen LogP contribution in [0.25, 0.3) is 0 Å². The Bertz CT molecular complexity index is 597. The second kappa shape index (κ2) is 5.54. The fraction of sp³-hybridized carbons (Fsp3) is 0.333. The average molecular weight is 273 g/mol. The van der Waals surface area contributed by atoms with Gasteiger partial charge in [0.25, 0.3) is 0 Å². The summed E-state index contributed by atoms with van der Waals surface area (Å²) in [4.78, 5) is 8.51. The van der Waals surface area contributed by atoms with Crippen molar-refractivity contribution in [1.29, 1.82) is 0 Å². The number of hydrogen-bond acceptors (Lipinski definition) is 4. The summed E-state index contributed by atoms with van der Waals surface area (Å²) in [5, 5.41) is 3.43. The van der Waals surface area contributed by atoms with Gasteiger partial charge in [0.15, 0.2) is 0 Å². The van der Waals surface area contributed by atoms with Crippen molar-refractivity contribution in [3.8, 4) is 11.8 Å². The van der Waals surface area contributed by atoms with Crippen molar-refractivity contribution in [3.63, 3.8) is 0 Å². The predicted molar refractivity (Wildman–Crippen MR) is 73.1 cm³/mol. The number of benzene rings is 1. The Morgan fingerprint density at radius 1 is 1.30 bits per heavy atom. The molecule has 3 rings (SSSR count). The van der Waals surface area contributed by atoms with Crippen molar-refractivity contribution in [2.24, 2.45) is 0 Å². The predicted octanol–water partition coefficient (Wildman–Crippen LogP) is 2.97. The molecule has 0 radical (unpaired) electrons. The first kappa shape index (κ1) is 13.0. The Morgan fingerprint density at radius 2 is 2.05 bits per heavy atom. The van der Waals surface area contributed by atoms with E-state index in [1.165, 1.54) is 25.0 Å². The molecule has 1 aliphatic rings. The Labute approximate surface area is 117 Å². The number of rotatable bonds is 5. The standard InChI is InChI=1S/C15H16FN3O/c1-10-11(8-17-13-4-5-13)9-18-15(19-10)20-14-6-2-12(16)3-7-14/h2-3,6-7,9,13,17H,4-5,8H2,1H3. The Morgan fingerprint density at radius 3 is 2.70 bits per heavy atom. The number of aryl methyl sites for hydroxylation is 1. The molecule has 1 heterocycles. The van der Waals surface area contributed by atoms with Crippen LogP contribution in [-0.2, 0) is 6.54 Å². The molecule has 1 aromatic heterocycles. The highest BCUT2D eigenvalue weighted by Crippen LogP contribution is 2.21. The molecule has 4 nitrogen and oxygen atoms in total. The number of aromatic nitrogens is 2. The second-order valence-electron chi connectivity index (χ2n) is 4.97. The Balaban J connectivity index is 1.67. The molecule has 0 aliphatic heterocycles. The van der Waals surface area contributed by atoms with Crippen LogP contribution in [-0.4, -0.2) is 16.0 Å². The Hall–Kier alpha value is -2.01. The quantitative estimate of drug-likeness (QED) is 0.909. The lowest BCUT2D eigenvalue weighted by atomic mass is 10.2. The van der Waals surface area contributed by atoms with Gasteiger partial charge in [-0.15, -0.1) is 0 Å². The maximum absolute atomic E-state index is 12.8. The monoisotopic (exact) mass is 273 g/mol. The summed E-state index contributed by atoms with van der Waals surface area (Å²) in [6.45, 7) is 2.72. The molecular weight excluding hydrogens is 257 g/mol. The molecule has 1 aliphatic carbocycles. The van der Waals surface area contributed by atoms with Gasteiger partial charge in [0, 0.05) is 30.0 Å². The third kappa shape index (κ3) is 3.30. The molecule has 0 saturated heterocycles. The summed E-state index contributed by atoms with van der Waals surface area (Å²) in [5.41, 5.74) is 1.97. The van der Waals surface area contributed by atoms with Gasteiger partial charge in [-0.2, -0.15) is 4.98 Å². The van der Waals surface area contributed by atoms with E-state index in [0.717, 1.165) is 17.8 Å². The number of ether oxygens (including phenoxy) is 1. The van der Waals surface area contributed by atoms with E-state index in [-0.39, 0.29) is 11.8 Å². The molecule has 5 heteroatoms. The highest BCUT2D eigenvalue weighted by atomic mass is 19.1. The zero-order valence-corrected chi connectivity index (χ0v) is 11.3. The van der Waals surface area contributed by atoms with Crippen LogP contribution in [0.1, 0.15) is 24.1 Å². The zero-order valence-electron chi connectivity index (χ0n) is 11.3. The molecule has 20 heavy (non-hydrogen) atoms. The van der Waals surface area contributed by atoms with Gasteiger partial charge >= 0.3 is 6.01 Å². The minimum absolute atomic E-state index is 0.282. The fourth-order valence-corrected chi connectivity index (χ4v) is 1.84. The molecule has 104 valence electrons. The second-order valence-corrected chi connectivity index (χ2v) is 4.97. The lowest BCUT2D eigenvalue weighted by Gasteiger charge is -2.08. The van der Waals surface area contributed by atoms with Crippen LogP contribution in [0.5, 0.6) is 11.8 Å². The van der Waals surface area contributed by atoms with E-state index in [2.05, 4.69) is 15.3 Å². The first-order valence-corrected chi connectivity index (χ1v) is 6.70. The lowest BCUT2D eigenvalue weighted by molar-refractivity contribution is 0.437. The van der Waals surface area contributed by atoms with Gasteiger partial charge in [-0.25, -0.2) is 9.37 Å². The maximum Gasteiger partial charge on any atom is 0.322 e. The van der Waals surface area contributed by atoms with E-state index >= 15 is 0 Å². The number of hydrogen-bond donors (Lipinski definition) is 1. The highest BCUT2D eigenvalue weighted by molar-refractivity contribution is 5.26. The zero-order chi connectivity index (χ0) is 13.9. The van der Waals surface area contributed by atoms with Crippen LogP contribution < -0.4 is 10.1 Å². The fourth-order valence-electron chi connectivity index (χ4n) is 1.84. The van der Waals surface area contributed by atoms with Crippen LogP contribution in [0.4, 0.5) is 4.39 Å². The number of halogens is 1. The van der Waals surface area contributed by atoms with Crippen LogP contribution >= 0.6 is 0 Å². The number of nitrogens with one attached hydrogen (secondary N) is 1. The minimum atomic E-state index is -0.295. The SMILES string of the molecule is Cc1nc(Oc2ccc(F)cc2)ncc1CNC1CC1. The minimum Gasteiger partial charge on any atom is -0.424 e. The van der Waals surface area contributed by atoms with E-state index in [9.17, 15) is 4.39 Å². The van der Waals surface area contributed by atoms with Crippen molar-refractivity contribution in [1.82, 2.24) is 15.3 Å². The summed E-state index contributed by atoms with van der Waals surface area (Å²) in [6.07, 6.45) is 4.29. The molecule has 1 fully saturated rings. The van der Waals surface area contributed by atoms with Crippen molar-refractivity contribution < 1.29 is 9.13 Å². The van der Waals surface area contributed by atoms with Crippen molar-refractivity contribution >= 4 is 0 Å². The van der Waals surface area contributed by atoms with E-state index in [1.54, 1.807) is 18.3 Å². The molecule has 1 aromatic carbocycles. The van der Waals surface area contributed by atoms with E-state index < -0.39 is 0 Å². The van der Waals surface area contributed by atoms with Gasteiger partial charge in [0.1, 0.15) is 11.6 Å². The lowest BCUT2D eigenvalue weighted by Crippen LogP contribution is -2.16. The van der Waals surface area contributed by atoms with Crippen molar-refractivity contribution in [2.45, 2.75) is 32.4 Å². The van der Waals surface area contributed by atoms with Gasteiger partial charge in [-0.3, -0.25) is 0 Å². The van der Waals surface area contributed by atoms with E-state index in [4.69, 9.17) is 4.74 Å². The highest BCUT2D eigenvalue weighted by Gasteiger charge is 2.20. The van der Waals surface area contributed by atoms with Gasteiger partial charge < -0.3 is 10.1 Å². The molecule has 0 amide bonds. The van der Waals surface area contributed by atoms with Crippen molar-refractivity contribution in [2.75, 3.05) is 0 Å². The average Bonchev–Trinajstić information content (AvgIpc) is 3.25. The van der Waals surface area contributed by atoms with Gasteiger partial charge in [0.05, 0.1) is 0 Å². The summed E-state index contributed by atoms with van der Waals surface area (Å²) in [7, 11) is 0. The topological polar surface area (TPSA) is 47.0 Å². The van der Waals surface area contributed by atoms with Crippen LogP contribution in [0, 0.1) is 12.7 Å². The molecule has 0 spiro atoms. The summed E-state index contributed by atoms with van der Waals surface area (Å²) >= 11 is 0. The van der Waals surface area contributed by atoms with Gasteiger partial charge in [-0.05, 0) is 44.0 Å². The van der Waals surface area contributed by atoms with Crippen LogP contribution in [0.15, 0.2) is 30.5 Å². The molecule has 1 N–H and O–H groups in total. The summed E-state index contributed by atoms with van der Waals surface area (Å²) < 4.78 is 18.3. The normalized spacial score (nSPS) is 14.3. The van der Waals surface area contributed by atoms with Gasteiger partial charge in [0.2, 0.25) is 0 Å². The number of nitrogens with zero attached hydrogens (tertiary/aromatic N) is 2.